The number of imidazole rings is 1. The fraction of sp³-hybridized carbons (Fsp3) is 0.211. The molecule has 6 nitrogen and oxygen atoms in total. The third-order valence-electron chi connectivity index (χ3n) is 4.13. The summed E-state index contributed by atoms with van der Waals surface area (Å²) in [4.78, 5) is 28.7. The molecule has 1 aromatic carbocycles. The lowest BCUT2D eigenvalue weighted by atomic mass is 10.2. The summed E-state index contributed by atoms with van der Waals surface area (Å²) in [6.45, 7) is 3.85. The number of aromatic nitrogens is 2. The summed E-state index contributed by atoms with van der Waals surface area (Å²) in [6, 6.07) is 8.48. The highest BCUT2D eigenvalue weighted by molar-refractivity contribution is 6.33. The van der Waals surface area contributed by atoms with E-state index in [4.69, 9.17) is 16.3 Å². The van der Waals surface area contributed by atoms with Crippen LogP contribution in [0.1, 0.15) is 27.3 Å². The zero-order valence-corrected chi connectivity index (χ0v) is 15.4. The highest BCUT2D eigenvalue weighted by atomic mass is 35.5. The summed E-state index contributed by atoms with van der Waals surface area (Å²) in [7, 11) is 1.30. The van der Waals surface area contributed by atoms with E-state index in [2.05, 4.69) is 10.3 Å². The van der Waals surface area contributed by atoms with Crippen molar-refractivity contribution in [1.82, 2.24) is 9.38 Å². The van der Waals surface area contributed by atoms with Gasteiger partial charge >= 0.3 is 5.97 Å². The lowest BCUT2D eigenvalue weighted by molar-refractivity contribution is -0.115. The first kappa shape index (κ1) is 17.9. The van der Waals surface area contributed by atoms with Gasteiger partial charge in [-0.3, -0.25) is 4.79 Å². The van der Waals surface area contributed by atoms with Crippen LogP contribution >= 0.6 is 11.6 Å². The Labute approximate surface area is 155 Å². The third-order valence-corrected chi connectivity index (χ3v) is 4.46. The number of esters is 1. The van der Waals surface area contributed by atoms with Crippen LogP contribution in [0.4, 0.5) is 5.69 Å². The Hall–Kier alpha value is -2.86. The molecule has 3 rings (SSSR count). The Bertz CT molecular complexity index is 1010. The SMILES string of the molecule is COC(=O)c1ccc(Cl)c(NC(=O)Cc2c(C)nc3c(C)cccn23)c1. The number of ether oxygens (including phenoxy) is 1. The average molecular weight is 372 g/mol. The van der Waals surface area contributed by atoms with E-state index in [9.17, 15) is 9.59 Å². The molecule has 0 unspecified atom stereocenters. The number of nitrogens with one attached hydrogen (secondary N) is 1. The van der Waals surface area contributed by atoms with Gasteiger partial charge in [0.1, 0.15) is 5.65 Å². The van der Waals surface area contributed by atoms with Crippen LogP contribution in [0.25, 0.3) is 5.65 Å². The zero-order valence-electron chi connectivity index (χ0n) is 14.7. The van der Waals surface area contributed by atoms with Crippen LogP contribution in [-0.4, -0.2) is 28.4 Å². The highest BCUT2D eigenvalue weighted by Gasteiger charge is 2.16. The molecule has 2 aromatic heterocycles. The van der Waals surface area contributed by atoms with Gasteiger partial charge in [0.05, 0.1) is 41.2 Å². The van der Waals surface area contributed by atoms with Crippen molar-refractivity contribution in [1.29, 1.82) is 0 Å². The number of methoxy groups -OCH3 is 1. The van der Waals surface area contributed by atoms with Gasteiger partial charge < -0.3 is 14.5 Å². The maximum Gasteiger partial charge on any atom is 0.337 e. The van der Waals surface area contributed by atoms with E-state index in [1.54, 1.807) is 12.1 Å². The lowest BCUT2D eigenvalue weighted by Gasteiger charge is -2.09. The van der Waals surface area contributed by atoms with Gasteiger partial charge in [-0.05, 0) is 43.7 Å². The number of benzene rings is 1. The van der Waals surface area contributed by atoms with E-state index in [1.807, 2.05) is 36.6 Å². The first-order valence-electron chi connectivity index (χ1n) is 8.01. The topological polar surface area (TPSA) is 72.7 Å². The third kappa shape index (κ3) is 3.41. The molecule has 134 valence electrons. The second-order valence-electron chi connectivity index (χ2n) is 5.94. The number of carbonyl (C=O) groups is 2. The average Bonchev–Trinajstić information content (AvgIpc) is 2.93. The maximum absolute atomic E-state index is 12.5. The molecule has 0 atom stereocenters. The molecule has 26 heavy (non-hydrogen) atoms. The van der Waals surface area contributed by atoms with Gasteiger partial charge in [0.2, 0.25) is 5.91 Å². The Morgan fingerprint density at radius 2 is 2.04 bits per heavy atom. The summed E-state index contributed by atoms with van der Waals surface area (Å²) < 4.78 is 6.60. The predicted octanol–water partition coefficient (Wildman–Crippen LogP) is 3.57. The number of fused-ring (bicyclic) bond motifs is 1. The maximum atomic E-state index is 12.5. The van der Waals surface area contributed by atoms with Crippen LogP contribution in [0.5, 0.6) is 0 Å². The molecule has 2 heterocycles. The smallest absolute Gasteiger partial charge is 0.337 e. The minimum atomic E-state index is -0.495. The van der Waals surface area contributed by atoms with Crippen LogP contribution in [0.15, 0.2) is 36.5 Å². The van der Waals surface area contributed by atoms with E-state index in [0.29, 0.717) is 16.3 Å². The molecule has 0 bridgehead atoms. The number of rotatable bonds is 4. The largest absolute Gasteiger partial charge is 0.465 e. The van der Waals surface area contributed by atoms with Crippen LogP contribution in [0.2, 0.25) is 5.02 Å². The van der Waals surface area contributed by atoms with Crippen molar-refractivity contribution in [3.8, 4) is 0 Å². The molecule has 0 radical (unpaired) electrons. The van der Waals surface area contributed by atoms with E-state index in [1.165, 1.54) is 13.2 Å². The molecule has 0 saturated carbocycles. The standard InChI is InChI=1S/C19H18ClN3O3/c1-11-5-4-8-23-16(12(2)21-18(11)23)10-17(24)22-15-9-13(19(25)26-3)6-7-14(15)20/h4-9H,10H2,1-3H3,(H,22,24). The van der Waals surface area contributed by atoms with Crippen LogP contribution in [-0.2, 0) is 16.0 Å². The molecule has 7 heteroatoms. The highest BCUT2D eigenvalue weighted by Crippen LogP contribution is 2.24. The molecule has 0 spiro atoms. The summed E-state index contributed by atoms with van der Waals surface area (Å²) in [5.41, 5.74) is 4.15. The molecule has 0 aliphatic heterocycles. The van der Waals surface area contributed by atoms with Crippen molar-refractivity contribution >= 4 is 34.8 Å². The zero-order chi connectivity index (χ0) is 18.8. The summed E-state index contributed by atoms with van der Waals surface area (Å²) in [6.07, 6.45) is 2.02. The molecular formula is C19H18ClN3O3. The number of aryl methyl sites for hydroxylation is 2. The first-order valence-corrected chi connectivity index (χ1v) is 8.39. The number of amides is 1. The number of halogens is 1. The second kappa shape index (κ2) is 7.17. The molecule has 1 N–H and O–H groups in total. The van der Waals surface area contributed by atoms with Gasteiger partial charge in [-0.2, -0.15) is 0 Å². The summed E-state index contributed by atoms with van der Waals surface area (Å²) in [5, 5.41) is 3.10. The fourth-order valence-corrected chi connectivity index (χ4v) is 2.96. The van der Waals surface area contributed by atoms with E-state index in [0.717, 1.165) is 22.6 Å². The minimum absolute atomic E-state index is 0.134. The van der Waals surface area contributed by atoms with Crippen molar-refractivity contribution < 1.29 is 14.3 Å². The summed E-state index contributed by atoms with van der Waals surface area (Å²) >= 11 is 6.13. The van der Waals surface area contributed by atoms with Gasteiger partial charge in [-0.25, -0.2) is 9.78 Å². The molecular weight excluding hydrogens is 354 g/mol. The number of nitrogens with zero attached hydrogens (tertiary/aromatic N) is 2. The predicted molar refractivity (Wildman–Crippen MR) is 99.8 cm³/mol. The summed E-state index contributed by atoms with van der Waals surface area (Å²) in [5.74, 6) is -0.745. The number of hydrogen-bond donors (Lipinski definition) is 1. The van der Waals surface area contributed by atoms with Gasteiger partial charge in [0, 0.05) is 6.20 Å². The van der Waals surface area contributed by atoms with Gasteiger partial charge in [0.25, 0.3) is 0 Å². The van der Waals surface area contributed by atoms with Gasteiger partial charge in [-0.15, -0.1) is 0 Å². The number of carbonyl (C=O) groups excluding carboxylic acids is 2. The van der Waals surface area contributed by atoms with Crippen LogP contribution in [0.3, 0.4) is 0 Å². The Morgan fingerprint density at radius 1 is 1.27 bits per heavy atom. The molecule has 3 aromatic rings. The van der Waals surface area contributed by atoms with E-state index < -0.39 is 5.97 Å². The number of pyridine rings is 1. The lowest BCUT2D eigenvalue weighted by Crippen LogP contribution is -2.17. The normalized spacial score (nSPS) is 10.8. The second-order valence-corrected chi connectivity index (χ2v) is 6.35. The van der Waals surface area contributed by atoms with Crippen molar-refractivity contribution in [3.05, 3.63) is 64.1 Å². The molecule has 1 amide bonds. The van der Waals surface area contributed by atoms with Crippen molar-refractivity contribution in [2.45, 2.75) is 20.3 Å². The van der Waals surface area contributed by atoms with Crippen molar-refractivity contribution in [3.63, 3.8) is 0 Å². The first-order chi connectivity index (χ1) is 12.4. The van der Waals surface area contributed by atoms with Crippen LogP contribution < -0.4 is 5.32 Å². The monoisotopic (exact) mass is 371 g/mol. The van der Waals surface area contributed by atoms with Crippen molar-refractivity contribution in [2.75, 3.05) is 12.4 Å². The van der Waals surface area contributed by atoms with E-state index in [-0.39, 0.29) is 12.3 Å². The van der Waals surface area contributed by atoms with E-state index >= 15 is 0 Å². The fourth-order valence-electron chi connectivity index (χ4n) is 2.79. The van der Waals surface area contributed by atoms with Crippen LogP contribution in [0, 0.1) is 13.8 Å². The molecule has 0 aliphatic carbocycles. The molecule has 0 saturated heterocycles. The number of hydrogen-bond acceptors (Lipinski definition) is 4. The Kier molecular flexibility index (Phi) is 4.95. The minimum Gasteiger partial charge on any atom is -0.465 e. The van der Waals surface area contributed by atoms with Gasteiger partial charge in [-0.1, -0.05) is 17.7 Å². The molecule has 0 aliphatic rings. The Morgan fingerprint density at radius 3 is 2.77 bits per heavy atom. The number of anilines is 1. The van der Waals surface area contributed by atoms with Crippen molar-refractivity contribution in [2.24, 2.45) is 0 Å². The van der Waals surface area contributed by atoms with Gasteiger partial charge in [0.15, 0.2) is 0 Å². The molecule has 0 fully saturated rings. The quantitative estimate of drug-likeness (QED) is 0.711. The Balaban J connectivity index is 1.85.